The highest BCUT2D eigenvalue weighted by Crippen LogP contribution is 2.22. The molecule has 0 aromatic heterocycles. The van der Waals surface area contributed by atoms with Crippen LogP contribution in [-0.2, 0) is 0 Å². The monoisotopic (exact) mass is 239 g/mol. The molecule has 2 N–H and O–H groups in total. The van der Waals surface area contributed by atoms with Gasteiger partial charge in [-0.05, 0) is 18.6 Å². The van der Waals surface area contributed by atoms with Crippen LogP contribution in [0, 0.1) is 6.92 Å². The Balaban J connectivity index is 2.46. The zero-order valence-corrected chi connectivity index (χ0v) is 11.1. The van der Waals surface area contributed by atoms with Crippen molar-refractivity contribution in [3.63, 3.8) is 0 Å². The van der Waals surface area contributed by atoms with Gasteiger partial charge in [0.2, 0.25) is 0 Å². The Morgan fingerprint density at radius 1 is 1.31 bits per heavy atom. The number of aliphatic hydroxyl groups is 1. The van der Waals surface area contributed by atoms with Crippen molar-refractivity contribution in [1.29, 1.82) is 0 Å². The van der Waals surface area contributed by atoms with Gasteiger partial charge in [0.25, 0.3) is 0 Å². The van der Waals surface area contributed by atoms with E-state index in [1.165, 1.54) is 10.5 Å². The van der Waals surface area contributed by atoms with Crippen LogP contribution < -0.4 is 5.32 Å². The molecule has 0 aliphatic carbocycles. The molecule has 1 atom stereocenters. The number of hydrogen-bond acceptors (Lipinski definition) is 3. The minimum atomic E-state index is 0.171. The fraction of sp³-hybridized carbons (Fsp3) is 0.538. The summed E-state index contributed by atoms with van der Waals surface area (Å²) in [6.07, 6.45) is 0. The van der Waals surface area contributed by atoms with Crippen LogP contribution in [0.2, 0.25) is 0 Å². The molecular formula is C13H21NOS. The van der Waals surface area contributed by atoms with E-state index in [4.69, 9.17) is 0 Å². The lowest BCUT2D eigenvalue weighted by Gasteiger charge is -2.19. The maximum Gasteiger partial charge on any atom is 0.0592 e. The molecule has 16 heavy (non-hydrogen) atoms. The van der Waals surface area contributed by atoms with E-state index in [0.29, 0.717) is 6.04 Å². The van der Waals surface area contributed by atoms with Crippen LogP contribution in [0.5, 0.6) is 0 Å². The first-order valence-electron chi connectivity index (χ1n) is 5.68. The summed E-state index contributed by atoms with van der Waals surface area (Å²) >= 11 is 1.80. The highest BCUT2D eigenvalue weighted by Gasteiger charge is 2.09. The summed E-state index contributed by atoms with van der Waals surface area (Å²) in [4.78, 5) is 1.30. The molecule has 3 heteroatoms. The van der Waals surface area contributed by atoms with Crippen LogP contribution in [0.3, 0.4) is 0 Å². The Labute approximate surface area is 102 Å². The van der Waals surface area contributed by atoms with Crippen molar-refractivity contribution in [3.05, 3.63) is 29.8 Å². The number of benzene rings is 1. The van der Waals surface area contributed by atoms with Gasteiger partial charge in [-0.3, -0.25) is 0 Å². The topological polar surface area (TPSA) is 32.3 Å². The molecule has 0 amide bonds. The van der Waals surface area contributed by atoms with Gasteiger partial charge in [-0.15, -0.1) is 11.8 Å². The van der Waals surface area contributed by atoms with Crippen LogP contribution in [0.15, 0.2) is 29.2 Å². The van der Waals surface area contributed by atoms with Gasteiger partial charge in [-0.25, -0.2) is 0 Å². The molecule has 0 saturated heterocycles. The van der Waals surface area contributed by atoms with Gasteiger partial charge in [-0.2, -0.15) is 0 Å². The molecule has 0 aliphatic rings. The zero-order chi connectivity index (χ0) is 12.0. The maximum atomic E-state index is 9.25. The smallest absolute Gasteiger partial charge is 0.0592 e. The van der Waals surface area contributed by atoms with E-state index in [-0.39, 0.29) is 12.6 Å². The number of thioether (sulfide) groups is 1. The molecule has 0 fully saturated rings. The molecular weight excluding hydrogens is 218 g/mol. The van der Waals surface area contributed by atoms with Crippen molar-refractivity contribution < 1.29 is 5.11 Å². The van der Waals surface area contributed by atoms with Gasteiger partial charge >= 0.3 is 0 Å². The second-order valence-corrected chi connectivity index (χ2v) is 5.34. The summed E-state index contributed by atoms with van der Waals surface area (Å²) < 4.78 is 0. The predicted octanol–water partition coefficient (Wildman–Crippen LogP) is 2.45. The Bertz CT molecular complexity index is 315. The molecule has 0 bridgehead atoms. The molecule has 1 aromatic rings. The van der Waals surface area contributed by atoms with E-state index < -0.39 is 0 Å². The second kappa shape index (κ2) is 6.94. The van der Waals surface area contributed by atoms with Gasteiger partial charge in [0.1, 0.15) is 0 Å². The molecule has 1 unspecified atom stereocenters. The fourth-order valence-corrected chi connectivity index (χ4v) is 2.59. The number of hydrogen-bond donors (Lipinski definition) is 2. The Hall–Kier alpha value is -0.510. The summed E-state index contributed by atoms with van der Waals surface area (Å²) in [6.45, 7) is 6.51. The average Bonchev–Trinajstić information content (AvgIpc) is 2.25. The normalized spacial score (nSPS) is 13.1. The summed E-state index contributed by atoms with van der Waals surface area (Å²) in [5.74, 6) is 0.902. The first kappa shape index (κ1) is 13.6. The number of nitrogens with one attached hydrogen (secondary N) is 1. The average molecular weight is 239 g/mol. The molecule has 0 spiro atoms. The lowest BCUT2D eigenvalue weighted by molar-refractivity contribution is 0.247. The van der Waals surface area contributed by atoms with Gasteiger partial charge in [-0.1, -0.05) is 32.0 Å². The van der Waals surface area contributed by atoms with Crippen LogP contribution in [-0.4, -0.2) is 29.5 Å². The van der Waals surface area contributed by atoms with Crippen molar-refractivity contribution in [1.82, 2.24) is 5.32 Å². The van der Waals surface area contributed by atoms with Crippen molar-refractivity contribution in [2.45, 2.75) is 37.8 Å². The predicted molar refractivity (Wildman–Crippen MR) is 71.0 cm³/mol. The van der Waals surface area contributed by atoms with Gasteiger partial charge in [0.05, 0.1) is 6.61 Å². The molecule has 0 aliphatic heterocycles. The van der Waals surface area contributed by atoms with E-state index >= 15 is 0 Å². The summed E-state index contributed by atoms with van der Waals surface area (Å²) in [5.41, 5.74) is 1.30. The highest BCUT2D eigenvalue weighted by molar-refractivity contribution is 7.99. The molecule has 90 valence electrons. The van der Waals surface area contributed by atoms with Gasteiger partial charge in [0, 0.05) is 22.7 Å². The summed E-state index contributed by atoms with van der Waals surface area (Å²) in [7, 11) is 0. The molecule has 2 nitrogen and oxygen atoms in total. The first-order valence-corrected chi connectivity index (χ1v) is 6.67. The Kier molecular flexibility index (Phi) is 5.88. The van der Waals surface area contributed by atoms with E-state index in [1.54, 1.807) is 11.8 Å². The third-order valence-corrected chi connectivity index (χ3v) is 3.66. The molecule has 0 saturated carbocycles. The minimum Gasteiger partial charge on any atom is -0.395 e. The first-order chi connectivity index (χ1) is 7.63. The van der Waals surface area contributed by atoms with Crippen molar-refractivity contribution >= 4 is 11.8 Å². The third kappa shape index (κ3) is 4.56. The number of rotatable bonds is 6. The standard InChI is InChI=1S/C13H21NOS/c1-10(2)14-12(8-15)9-16-13-7-5-4-6-11(13)3/h4-7,10,12,14-15H,8-9H2,1-3H3. The van der Waals surface area contributed by atoms with E-state index in [1.807, 2.05) is 0 Å². The van der Waals surface area contributed by atoms with Crippen LogP contribution >= 0.6 is 11.8 Å². The lowest BCUT2D eigenvalue weighted by atomic mass is 10.2. The highest BCUT2D eigenvalue weighted by atomic mass is 32.2. The molecule has 0 heterocycles. The van der Waals surface area contributed by atoms with Crippen molar-refractivity contribution in [3.8, 4) is 0 Å². The lowest BCUT2D eigenvalue weighted by Crippen LogP contribution is -2.39. The van der Waals surface area contributed by atoms with Crippen LogP contribution in [0.25, 0.3) is 0 Å². The van der Waals surface area contributed by atoms with E-state index in [9.17, 15) is 5.11 Å². The second-order valence-electron chi connectivity index (χ2n) is 4.28. The zero-order valence-electron chi connectivity index (χ0n) is 10.2. The van der Waals surface area contributed by atoms with Crippen molar-refractivity contribution in [2.24, 2.45) is 0 Å². The fourth-order valence-electron chi connectivity index (χ4n) is 1.53. The summed E-state index contributed by atoms with van der Waals surface area (Å²) in [6, 6.07) is 8.93. The third-order valence-electron chi connectivity index (χ3n) is 2.32. The number of aliphatic hydroxyl groups excluding tert-OH is 1. The van der Waals surface area contributed by atoms with Crippen LogP contribution in [0.1, 0.15) is 19.4 Å². The molecule has 1 aromatic carbocycles. The van der Waals surface area contributed by atoms with E-state index in [0.717, 1.165) is 5.75 Å². The number of aryl methyl sites for hydroxylation is 1. The SMILES string of the molecule is Cc1ccccc1SCC(CO)NC(C)C. The van der Waals surface area contributed by atoms with Gasteiger partial charge < -0.3 is 10.4 Å². The quantitative estimate of drug-likeness (QED) is 0.748. The minimum absolute atomic E-state index is 0.171. The Morgan fingerprint density at radius 2 is 2.00 bits per heavy atom. The van der Waals surface area contributed by atoms with Gasteiger partial charge in [0.15, 0.2) is 0 Å². The molecule has 1 rings (SSSR count). The van der Waals surface area contributed by atoms with Crippen LogP contribution in [0.4, 0.5) is 0 Å². The maximum absolute atomic E-state index is 9.25. The van der Waals surface area contributed by atoms with Crippen molar-refractivity contribution in [2.75, 3.05) is 12.4 Å². The summed E-state index contributed by atoms with van der Waals surface area (Å²) in [5, 5.41) is 12.6. The van der Waals surface area contributed by atoms with E-state index in [2.05, 4.69) is 50.4 Å². The molecule has 0 radical (unpaired) electrons. The Morgan fingerprint density at radius 3 is 2.56 bits per heavy atom. The largest absolute Gasteiger partial charge is 0.395 e.